The molecule has 3 N–H and O–H groups in total. The van der Waals surface area contributed by atoms with Crippen molar-refractivity contribution in [1.29, 1.82) is 0 Å². The van der Waals surface area contributed by atoms with Gasteiger partial charge in [0.15, 0.2) is 0 Å². The molecule has 0 spiro atoms. The van der Waals surface area contributed by atoms with E-state index in [1.165, 1.54) is 25.1 Å². The molecular weight excluding hydrogens is 475 g/mol. The quantitative estimate of drug-likeness (QED) is 0.406. The molecule has 0 unspecified atom stereocenters. The third-order valence-electron chi connectivity index (χ3n) is 3.28. The van der Waals surface area contributed by atoms with Gasteiger partial charge in [0.25, 0.3) is 30.4 Å². The van der Waals surface area contributed by atoms with Gasteiger partial charge >= 0.3 is 103 Å². The van der Waals surface area contributed by atoms with Crippen molar-refractivity contribution in [2.75, 3.05) is 0 Å². The van der Waals surface area contributed by atoms with E-state index in [9.17, 15) is 38.9 Å². The Morgan fingerprint density at radius 2 is 1.11 bits per heavy atom. The summed E-state index contributed by atoms with van der Waals surface area (Å²) < 4.78 is 99.0. The maximum atomic E-state index is 11.8. The van der Waals surface area contributed by atoms with Gasteiger partial charge in [0, 0.05) is 10.9 Å². The molecule has 2 rings (SSSR count). The first-order valence-electron chi connectivity index (χ1n) is 6.34. The molecule has 0 radical (unpaired) electrons. The van der Waals surface area contributed by atoms with Crippen molar-refractivity contribution in [3.63, 3.8) is 0 Å². The zero-order valence-corrected chi connectivity index (χ0v) is 15.0. The van der Waals surface area contributed by atoms with Crippen LogP contribution in [0.4, 0.5) is 0 Å². The van der Waals surface area contributed by atoms with Crippen molar-refractivity contribution in [1.82, 2.24) is 0 Å². The summed E-state index contributed by atoms with van der Waals surface area (Å²) in [4.78, 5) is -4.38. The molecule has 0 saturated heterocycles. The van der Waals surface area contributed by atoms with Gasteiger partial charge < -0.3 is 0 Å². The zero-order valence-electron chi connectivity index (χ0n) is 12.5. The van der Waals surface area contributed by atoms with E-state index in [0.29, 0.717) is 0 Å². The second-order valence-electron chi connectivity index (χ2n) is 5.11. The zero-order chi connectivity index (χ0) is 19.4. The van der Waals surface area contributed by atoms with Gasteiger partial charge in [-0.15, -0.1) is 0 Å². The Morgan fingerprint density at radius 3 is 1.44 bits per heavy atom. The third-order valence-corrected chi connectivity index (χ3v) is 6.33. The summed E-state index contributed by atoms with van der Waals surface area (Å²) >= 11 is 0. The summed E-state index contributed by atoms with van der Waals surface area (Å²) in [6.45, 7) is 4.79. The molecule has 0 aliphatic heterocycles. The van der Waals surface area contributed by atoms with Gasteiger partial charge in [0.1, 0.15) is 14.7 Å². The molecule has 140 valence electrons. The first-order valence-corrected chi connectivity index (χ1v) is 10.7. The summed E-state index contributed by atoms with van der Waals surface area (Å²) in [5.41, 5.74) is -0.436. The molecule has 0 aromatic heterocycles. The van der Waals surface area contributed by atoms with Gasteiger partial charge in [-0.1, -0.05) is 30.8 Å². The molecule has 0 saturated carbocycles. The molecule has 0 aliphatic rings. The first-order chi connectivity index (χ1) is 11.2. The van der Waals surface area contributed by atoms with Crippen molar-refractivity contribution in [2.24, 2.45) is 0 Å². The van der Waals surface area contributed by atoms with Gasteiger partial charge in [-0.3, -0.25) is 13.7 Å². The fraction of sp³-hybridized carbons (Fsp3) is 0.0769. The minimum atomic E-state index is -5.50. The van der Waals surface area contributed by atoms with E-state index in [2.05, 4.69) is 6.58 Å². The molecule has 0 atom stereocenters. The molecule has 14 heteroatoms. The van der Waals surface area contributed by atoms with Crippen LogP contribution in [-0.4, -0.2) is 142 Å². The molecule has 2 aromatic carbocycles. The summed E-state index contributed by atoms with van der Waals surface area (Å²) in [5, 5.41) is -0.481. The number of allylic oxidation sites excluding steroid dienone is 1. The van der Waals surface area contributed by atoms with Crippen LogP contribution in [-0.2, 0) is 30.4 Å². The van der Waals surface area contributed by atoms with E-state index >= 15 is 0 Å². The van der Waals surface area contributed by atoms with Crippen molar-refractivity contribution < 1.29 is 38.9 Å². The van der Waals surface area contributed by atoms with Gasteiger partial charge in [-0.05, 0) is 17.9 Å². The van der Waals surface area contributed by atoms with Crippen LogP contribution in [0.5, 0.6) is 0 Å². The van der Waals surface area contributed by atoms with Crippen LogP contribution >= 0.6 is 0 Å². The second kappa shape index (κ2) is 9.71. The summed E-state index contributed by atoms with van der Waals surface area (Å²) in [5.74, 6) is 0. The SMILES string of the molecule is C=C(C)c1c(S(=O)(=O)O)c(S(=O)(=O)O)c(S(=O)(=O)O)c2ccccc12.[KH].[KH]. The number of fused-ring (bicyclic) bond motifs is 1. The molecule has 2 aromatic rings. The Morgan fingerprint density at radius 1 is 0.741 bits per heavy atom. The Balaban J connectivity index is 0.00000338. The van der Waals surface area contributed by atoms with E-state index in [4.69, 9.17) is 0 Å². The van der Waals surface area contributed by atoms with E-state index in [1.807, 2.05) is 0 Å². The average Bonchev–Trinajstić information content (AvgIpc) is 2.41. The van der Waals surface area contributed by atoms with E-state index in [0.717, 1.165) is 6.07 Å². The topological polar surface area (TPSA) is 163 Å². The number of rotatable bonds is 4. The van der Waals surface area contributed by atoms with Crippen molar-refractivity contribution in [3.05, 3.63) is 36.4 Å². The van der Waals surface area contributed by atoms with Crippen molar-refractivity contribution in [2.45, 2.75) is 21.6 Å². The Bertz CT molecular complexity index is 1230. The van der Waals surface area contributed by atoms with Crippen molar-refractivity contribution >= 4 is 149 Å². The van der Waals surface area contributed by atoms with E-state index in [1.54, 1.807) is 0 Å². The van der Waals surface area contributed by atoms with Crippen LogP contribution < -0.4 is 0 Å². The number of hydrogen-bond donors (Lipinski definition) is 3. The van der Waals surface area contributed by atoms with Gasteiger partial charge in [-0.25, -0.2) is 0 Å². The van der Waals surface area contributed by atoms with Gasteiger partial charge in [-0.2, -0.15) is 25.3 Å². The fourth-order valence-corrected chi connectivity index (χ4v) is 6.20. The summed E-state index contributed by atoms with van der Waals surface area (Å²) in [7, 11) is -16.2. The normalized spacial score (nSPS) is 12.1. The van der Waals surface area contributed by atoms with Crippen LogP contribution in [0.2, 0.25) is 0 Å². The molecule has 9 nitrogen and oxygen atoms in total. The molecule has 0 aliphatic carbocycles. The molecule has 0 amide bonds. The minimum absolute atomic E-state index is 0. The van der Waals surface area contributed by atoms with Gasteiger partial charge in [0.2, 0.25) is 0 Å². The van der Waals surface area contributed by atoms with Crippen LogP contribution in [0.3, 0.4) is 0 Å². The molecular formula is C13H14K2O9S3. The van der Waals surface area contributed by atoms with Crippen LogP contribution in [0.15, 0.2) is 45.5 Å². The summed E-state index contributed by atoms with van der Waals surface area (Å²) in [6, 6.07) is 5.05. The standard InChI is InChI=1S/C13H12O9S3.2K.2H/c1-7(2)10-8-5-3-4-6-9(8)11(23(14,15)16)13(25(20,21)22)12(10)24(17,18)19;;;;/h3-6H,1H2,2H3,(H,14,15,16)(H,17,18,19)(H,20,21,22);;;;. The van der Waals surface area contributed by atoms with Crippen LogP contribution in [0.25, 0.3) is 16.3 Å². The van der Waals surface area contributed by atoms with Crippen LogP contribution in [0, 0.1) is 0 Å². The maximum absolute atomic E-state index is 11.8. The third kappa shape index (κ3) is 5.99. The predicted octanol–water partition coefficient (Wildman–Crippen LogP) is 0.316. The Kier molecular flexibility index (Phi) is 10.2. The summed E-state index contributed by atoms with van der Waals surface area (Å²) in [6.07, 6.45) is 0. The van der Waals surface area contributed by atoms with Crippen molar-refractivity contribution in [3.8, 4) is 0 Å². The molecule has 0 fully saturated rings. The number of hydrogen-bond acceptors (Lipinski definition) is 6. The molecule has 0 bridgehead atoms. The fourth-order valence-electron chi connectivity index (χ4n) is 2.52. The Labute approximate surface area is 241 Å². The molecule has 0 heterocycles. The second-order valence-corrected chi connectivity index (χ2v) is 9.19. The van der Waals surface area contributed by atoms with E-state index in [-0.39, 0.29) is 119 Å². The van der Waals surface area contributed by atoms with E-state index < -0.39 is 50.6 Å². The Hall–Kier alpha value is 1.44. The predicted molar refractivity (Wildman–Crippen MR) is 102 cm³/mol. The average molecular weight is 489 g/mol. The molecule has 27 heavy (non-hydrogen) atoms. The first kappa shape index (κ1) is 28.4. The monoisotopic (exact) mass is 488 g/mol. The van der Waals surface area contributed by atoms with Gasteiger partial charge in [0.05, 0.1) is 0 Å². The van der Waals surface area contributed by atoms with Crippen LogP contribution in [0.1, 0.15) is 12.5 Å². The number of benzene rings is 2.